The Balaban J connectivity index is 2.25. The van der Waals surface area contributed by atoms with Crippen molar-refractivity contribution in [3.8, 4) is 0 Å². The molecule has 4 nitrogen and oxygen atoms in total. The monoisotopic (exact) mass is 250 g/mol. The Morgan fingerprint density at radius 2 is 2.06 bits per heavy atom. The van der Waals surface area contributed by atoms with Crippen molar-refractivity contribution in [1.82, 2.24) is 14.7 Å². The third-order valence-electron chi connectivity index (χ3n) is 4.69. The van der Waals surface area contributed by atoms with Crippen LogP contribution in [0.15, 0.2) is 12.4 Å². The molecule has 102 valence electrons. The lowest BCUT2D eigenvalue weighted by Crippen LogP contribution is -2.54. The number of nitrogens with two attached hydrogens (primary N) is 1. The van der Waals surface area contributed by atoms with Crippen molar-refractivity contribution in [3.63, 3.8) is 0 Å². The molecule has 0 radical (unpaired) electrons. The van der Waals surface area contributed by atoms with Gasteiger partial charge < -0.3 is 10.6 Å². The van der Waals surface area contributed by atoms with E-state index in [-0.39, 0.29) is 11.6 Å². The maximum atomic E-state index is 6.57. The molecule has 1 fully saturated rings. The van der Waals surface area contributed by atoms with Crippen molar-refractivity contribution >= 4 is 0 Å². The predicted octanol–water partition coefficient (Wildman–Crippen LogP) is 1.93. The van der Waals surface area contributed by atoms with E-state index in [1.54, 1.807) is 0 Å². The van der Waals surface area contributed by atoms with Gasteiger partial charge in [0.25, 0.3) is 0 Å². The maximum absolute atomic E-state index is 6.57. The highest BCUT2D eigenvalue weighted by molar-refractivity contribution is 5.18. The van der Waals surface area contributed by atoms with E-state index in [0.29, 0.717) is 0 Å². The first-order valence-electron chi connectivity index (χ1n) is 6.87. The summed E-state index contributed by atoms with van der Waals surface area (Å²) in [5.74, 6) is 0.833. The number of likely N-dealkylation sites (N-methyl/N-ethyl adjacent to an activating group) is 1. The van der Waals surface area contributed by atoms with E-state index < -0.39 is 0 Å². The molecule has 1 aromatic rings. The van der Waals surface area contributed by atoms with Gasteiger partial charge in [0.05, 0.1) is 12.2 Å². The second kappa shape index (κ2) is 5.02. The molecule has 1 unspecified atom stereocenters. The molecular formula is C14H26N4. The van der Waals surface area contributed by atoms with Crippen LogP contribution in [0, 0.1) is 5.92 Å². The average Bonchev–Trinajstić information content (AvgIpc) is 2.76. The Hall–Kier alpha value is -0.870. The van der Waals surface area contributed by atoms with Gasteiger partial charge in [0.2, 0.25) is 0 Å². The highest BCUT2D eigenvalue weighted by atomic mass is 15.2. The molecule has 2 rings (SSSR count). The summed E-state index contributed by atoms with van der Waals surface area (Å²) >= 11 is 0. The third kappa shape index (κ3) is 2.31. The van der Waals surface area contributed by atoms with Crippen LogP contribution in [0.2, 0.25) is 0 Å². The van der Waals surface area contributed by atoms with Gasteiger partial charge in [-0.25, -0.2) is 0 Å². The molecule has 18 heavy (non-hydrogen) atoms. The quantitative estimate of drug-likeness (QED) is 0.891. The van der Waals surface area contributed by atoms with Crippen LogP contribution in [0.5, 0.6) is 0 Å². The molecule has 1 heterocycles. The van der Waals surface area contributed by atoms with Crippen LogP contribution in [0.4, 0.5) is 0 Å². The summed E-state index contributed by atoms with van der Waals surface area (Å²) in [6.07, 6.45) is 8.86. The van der Waals surface area contributed by atoms with Crippen LogP contribution in [0.1, 0.15) is 44.2 Å². The van der Waals surface area contributed by atoms with Crippen molar-refractivity contribution in [2.45, 2.75) is 44.2 Å². The second-order valence-electron chi connectivity index (χ2n) is 6.11. The van der Waals surface area contributed by atoms with Gasteiger partial charge in [-0.05, 0) is 45.7 Å². The first-order valence-corrected chi connectivity index (χ1v) is 6.87. The number of rotatable bonds is 3. The highest BCUT2D eigenvalue weighted by Crippen LogP contribution is 2.42. The summed E-state index contributed by atoms with van der Waals surface area (Å²) in [5.41, 5.74) is 7.82. The van der Waals surface area contributed by atoms with E-state index >= 15 is 0 Å². The molecule has 1 atom stereocenters. The average molecular weight is 250 g/mol. The fourth-order valence-corrected chi connectivity index (χ4v) is 3.21. The van der Waals surface area contributed by atoms with Gasteiger partial charge in [-0.15, -0.1) is 0 Å². The molecule has 0 aliphatic heterocycles. The lowest BCUT2D eigenvalue weighted by Gasteiger charge is -2.48. The van der Waals surface area contributed by atoms with Crippen molar-refractivity contribution < 1.29 is 0 Å². The largest absolute Gasteiger partial charge is 0.322 e. The van der Waals surface area contributed by atoms with Crippen molar-refractivity contribution in [2.24, 2.45) is 18.7 Å². The van der Waals surface area contributed by atoms with Crippen molar-refractivity contribution in [1.29, 1.82) is 0 Å². The number of hydrogen-bond acceptors (Lipinski definition) is 3. The fraction of sp³-hybridized carbons (Fsp3) is 0.786. The highest BCUT2D eigenvalue weighted by Gasteiger charge is 2.42. The molecule has 1 aromatic heterocycles. The molecule has 2 N–H and O–H groups in total. The van der Waals surface area contributed by atoms with Gasteiger partial charge in [0.15, 0.2) is 0 Å². The zero-order valence-corrected chi connectivity index (χ0v) is 12.1. The minimum atomic E-state index is 0.0497. The van der Waals surface area contributed by atoms with E-state index in [0.717, 1.165) is 11.5 Å². The maximum Gasteiger partial charge on any atom is 0.0538 e. The molecule has 1 aliphatic rings. The van der Waals surface area contributed by atoms with Gasteiger partial charge >= 0.3 is 0 Å². The van der Waals surface area contributed by atoms with Gasteiger partial charge in [-0.2, -0.15) is 5.10 Å². The topological polar surface area (TPSA) is 47.1 Å². The predicted molar refractivity (Wildman–Crippen MR) is 74.2 cm³/mol. The summed E-state index contributed by atoms with van der Waals surface area (Å²) in [5, 5.41) is 4.26. The third-order valence-corrected chi connectivity index (χ3v) is 4.69. The molecule has 0 saturated heterocycles. The van der Waals surface area contributed by atoms with E-state index in [2.05, 4.69) is 31.0 Å². The normalized spacial score (nSPS) is 30.7. The second-order valence-corrected chi connectivity index (χ2v) is 6.11. The summed E-state index contributed by atoms with van der Waals surface area (Å²) in [7, 11) is 6.26. The minimum absolute atomic E-state index is 0.0497. The number of nitrogens with zero attached hydrogens (tertiary/aromatic N) is 3. The molecular weight excluding hydrogens is 224 g/mol. The van der Waals surface area contributed by atoms with Crippen LogP contribution in [-0.4, -0.2) is 34.3 Å². The Morgan fingerprint density at radius 3 is 2.50 bits per heavy atom. The fourth-order valence-electron chi connectivity index (χ4n) is 3.21. The first kappa shape index (κ1) is 13.6. The number of aromatic nitrogens is 2. The summed E-state index contributed by atoms with van der Waals surface area (Å²) < 4.78 is 1.84. The standard InChI is InChI=1S/C14H26N4/c1-11-5-7-14(8-6-11,17(2)3)13(15)12-9-16-18(4)10-12/h9-11,13H,5-8,15H2,1-4H3. The summed E-state index contributed by atoms with van der Waals surface area (Å²) in [6.45, 7) is 2.34. The van der Waals surface area contributed by atoms with E-state index in [4.69, 9.17) is 5.73 Å². The molecule has 0 spiro atoms. The smallest absolute Gasteiger partial charge is 0.0538 e. The Morgan fingerprint density at radius 1 is 1.44 bits per heavy atom. The molecule has 0 aromatic carbocycles. The minimum Gasteiger partial charge on any atom is -0.322 e. The Labute approximate surface area is 110 Å². The van der Waals surface area contributed by atoms with Crippen LogP contribution < -0.4 is 5.73 Å². The van der Waals surface area contributed by atoms with Gasteiger partial charge in [0.1, 0.15) is 0 Å². The van der Waals surface area contributed by atoms with E-state index in [9.17, 15) is 0 Å². The first-order chi connectivity index (χ1) is 8.45. The lowest BCUT2D eigenvalue weighted by atomic mass is 9.71. The zero-order valence-electron chi connectivity index (χ0n) is 12.1. The van der Waals surface area contributed by atoms with E-state index in [1.165, 1.54) is 25.7 Å². The zero-order chi connectivity index (χ0) is 13.3. The summed E-state index contributed by atoms with van der Waals surface area (Å²) in [4.78, 5) is 2.33. The molecule has 1 aliphatic carbocycles. The van der Waals surface area contributed by atoms with Crippen LogP contribution in [0.25, 0.3) is 0 Å². The summed E-state index contributed by atoms with van der Waals surface area (Å²) in [6, 6.07) is 0.0497. The van der Waals surface area contributed by atoms with E-state index in [1.807, 2.05) is 24.1 Å². The van der Waals surface area contributed by atoms with Gasteiger partial charge in [-0.1, -0.05) is 6.92 Å². The Bertz CT molecular complexity index is 388. The molecule has 1 saturated carbocycles. The lowest BCUT2D eigenvalue weighted by molar-refractivity contribution is 0.0564. The Kier molecular flexibility index (Phi) is 3.78. The van der Waals surface area contributed by atoms with Crippen LogP contribution in [0.3, 0.4) is 0 Å². The number of aryl methyl sites for hydroxylation is 1. The van der Waals surface area contributed by atoms with Crippen molar-refractivity contribution in [2.75, 3.05) is 14.1 Å². The SMILES string of the molecule is CC1CCC(C(N)c2cnn(C)c2)(N(C)C)CC1. The number of hydrogen-bond donors (Lipinski definition) is 1. The molecule has 0 bridgehead atoms. The van der Waals surface area contributed by atoms with Gasteiger partial charge in [0, 0.05) is 24.3 Å². The van der Waals surface area contributed by atoms with Crippen LogP contribution in [-0.2, 0) is 7.05 Å². The van der Waals surface area contributed by atoms with Crippen molar-refractivity contribution in [3.05, 3.63) is 18.0 Å². The van der Waals surface area contributed by atoms with Gasteiger partial charge in [-0.3, -0.25) is 4.68 Å². The molecule has 4 heteroatoms. The van der Waals surface area contributed by atoms with Crippen LogP contribution >= 0.6 is 0 Å². The molecule has 0 amide bonds.